The van der Waals surface area contributed by atoms with E-state index in [1.165, 1.54) is 0 Å². The molecule has 0 saturated carbocycles. The molecule has 1 aromatic rings. The number of benzene rings is 1. The summed E-state index contributed by atoms with van der Waals surface area (Å²) in [7, 11) is 0. The van der Waals surface area contributed by atoms with Crippen LogP contribution in [0.25, 0.3) is 0 Å². The molecule has 4 nitrogen and oxygen atoms in total. The normalized spacial score (nSPS) is 10.3. The third-order valence-electron chi connectivity index (χ3n) is 2.60. The van der Waals surface area contributed by atoms with Crippen molar-refractivity contribution in [1.82, 2.24) is 10.6 Å². The van der Waals surface area contributed by atoms with Gasteiger partial charge in [0.2, 0.25) is 5.91 Å². The number of rotatable bonds is 6. The van der Waals surface area contributed by atoms with Crippen molar-refractivity contribution in [2.75, 3.05) is 13.1 Å². The molecule has 1 aromatic carbocycles. The summed E-state index contributed by atoms with van der Waals surface area (Å²) in [4.78, 5) is 23.1. The monoisotopic (exact) mass is 326 g/mol. The summed E-state index contributed by atoms with van der Waals surface area (Å²) >= 11 is 3.35. The van der Waals surface area contributed by atoms with Crippen molar-refractivity contribution in [3.8, 4) is 0 Å². The molecular weight excluding hydrogens is 308 g/mol. The molecule has 0 aliphatic carbocycles. The predicted octanol–water partition coefficient (Wildman–Crippen LogP) is 2.08. The van der Waals surface area contributed by atoms with E-state index >= 15 is 0 Å². The maximum atomic E-state index is 11.8. The largest absolute Gasteiger partial charge is 0.354 e. The van der Waals surface area contributed by atoms with E-state index in [1.807, 2.05) is 26.0 Å². The van der Waals surface area contributed by atoms with E-state index in [-0.39, 0.29) is 17.7 Å². The molecule has 104 valence electrons. The first-order chi connectivity index (χ1) is 9.04. The van der Waals surface area contributed by atoms with Gasteiger partial charge in [0.05, 0.1) is 0 Å². The number of hydrogen-bond acceptors (Lipinski definition) is 2. The quantitative estimate of drug-likeness (QED) is 0.621. The summed E-state index contributed by atoms with van der Waals surface area (Å²) in [6.07, 6.45) is 0. The van der Waals surface area contributed by atoms with Gasteiger partial charge in [0.1, 0.15) is 0 Å². The molecule has 0 fully saturated rings. The van der Waals surface area contributed by atoms with Gasteiger partial charge in [-0.1, -0.05) is 41.9 Å². The summed E-state index contributed by atoms with van der Waals surface area (Å²) in [6.45, 7) is 4.54. The van der Waals surface area contributed by atoms with Crippen LogP contribution in [0.15, 0.2) is 24.3 Å². The molecule has 0 heterocycles. The van der Waals surface area contributed by atoms with Crippen LogP contribution in [0.5, 0.6) is 0 Å². The summed E-state index contributed by atoms with van der Waals surface area (Å²) in [6, 6.07) is 7.39. The van der Waals surface area contributed by atoms with Crippen LogP contribution in [0.4, 0.5) is 0 Å². The lowest BCUT2D eigenvalue weighted by Crippen LogP contribution is -2.36. The fourth-order valence-electron chi connectivity index (χ4n) is 1.41. The van der Waals surface area contributed by atoms with E-state index in [1.54, 1.807) is 12.1 Å². The van der Waals surface area contributed by atoms with Crippen LogP contribution in [-0.2, 0) is 10.1 Å². The second kappa shape index (κ2) is 7.94. The number of carbonyl (C=O) groups is 2. The highest BCUT2D eigenvalue weighted by molar-refractivity contribution is 9.08. The number of nitrogens with one attached hydrogen (secondary N) is 2. The van der Waals surface area contributed by atoms with Crippen LogP contribution in [0, 0.1) is 5.92 Å². The van der Waals surface area contributed by atoms with E-state index in [4.69, 9.17) is 0 Å². The molecule has 5 heteroatoms. The molecule has 1 rings (SSSR count). The third kappa shape index (κ3) is 5.42. The Balaban J connectivity index is 2.33. The Morgan fingerprint density at radius 3 is 2.21 bits per heavy atom. The SMILES string of the molecule is CC(C)C(=O)NCCNC(=O)c1ccc(CBr)cc1. The molecule has 2 amide bonds. The molecule has 0 unspecified atom stereocenters. The Morgan fingerprint density at radius 1 is 1.11 bits per heavy atom. The van der Waals surface area contributed by atoms with E-state index < -0.39 is 0 Å². The van der Waals surface area contributed by atoms with Crippen LogP contribution in [0.3, 0.4) is 0 Å². The molecule has 0 radical (unpaired) electrons. The molecule has 0 spiro atoms. The molecule has 0 atom stereocenters. The van der Waals surface area contributed by atoms with Gasteiger partial charge < -0.3 is 10.6 Å². The molecule has 0 bridgehead atoms. The van der Waals surface area contributed by atoms with Gasteiger partial charge in [-0.15, -0.1) is 0 Å². The summed E-state index contributed by atoms with van der Waals surface area (Å²) in [5.41, 5.74) is 1.75. The van der Waals surface area contributed by atoms with Crippen molar-refractivity contribution in [1.29, 1.82) is 0 Å². The molecule has 2 N–H and O–H groups in total. The van der Waals surface area contributed by atoms with Gasteiger partial charge in [-0.25, -0.2) is 0 Å². The second-order valence-corrected chi connectivity index (χ2v) is 5.09. The number of hydrogen-bond donors (Lipinski definition) is 2. The second-order valence-electron chi connectivity index (χ2n) is 4.53. The average molecular weight is 327 g/mol. The first-order valence-corrected chi connectivity index (χ1v) is 7.37. The zero-order valence-electron chi connectivity index (χ0n) is 11.2. The summed E-state index contributed by atoms with van der Waals surface area (Å²) in [5.74, 6) is -0.164. The van der Waals surface area contributed by atoms with Crippen LogP contribution < -0.4 is 10.6 Å². The van der Waals surface area contributed by atoms with Crippen LogP contribution >= 0.6 is 15.9 Å². The Hall–Kier alpha value is -1.36. The van der Waals surface area contributed by atoms with E-state index in [0.717, 1.165) is 10.9 Å². The van der Waals surface area contributed by atoms with Crippen molar-refractivity contribution < 1.29 is 9.59 Å². The fourth-order valence-corrected chi connectivity index (χ4v) is 1.79. The number of carbonyl (C=O) groups excluding carboxylic acids is 2. The van der Waals surface area contributed by atoms with Crippen molar-refractivity contribution in [2.45, 2.75) is 19.2 Å². The van der Waals surface area contributed by atoms with E-state index in [0.29, 0.717) is 18.7 Å². The van der Waals surface area contributed by atoms with Gasteiger partial charge in [-0.3, -0.25) is 9.59 Å². The number of halogens is 1. The lowest BCUT2D eigenvalue weighted by molar-refractivity contribution is -0.123. The molecule has 0 aliphatic rings. The van der Waals surface area contributed by atoms with Gasteiger partial charge in [-0.05, 0) is 17.7 Å². The fraction of sp³-hybridized carbons (Fsp3) is 0.429. The molecular formula is C14H19BrN2O2. The maximum Gasteiger partial charge on any atom is 0.251 e. The van der Waals surface area contributed by atoms with E-state index in [9.17, 15) is 9.59 Å². The zero-order chi connectivity index (χ0) is 14.3. The van der Waals surface area contributed by atoms with Gasteiger partial charge in [-0.2, -0.15) is 0 Å². The zero-order valence-corrected chi connectivity index (χ0v) is 12.8. The minimum atomic E-state index is -0.125. The highest BCUT2D eigenvalue weighted by Gasteiger charge is 2.07. The lowest BCUT2D eigenvalue weighted by Gasteiger charge is -2.09. The molecule has 0 aromatic heterocycles. The molecule has 19 heavy (non-hydrogen) atoms. The number of alkyl halides is 1. The van der Waals surface area contributed by atoms with Crippen LogP contribution in [-0.4, -0.2) is 24.9 Å². The highest BCUT2D eigenvalue weighted by atomic mass is 79.9. The smallest absolute Gasteiger partial charge is 0.251 e. The Morgan fingerprint density at radius 2 is 1.68 bits per heavy atom. The topological polar surface area (TPSA) is 58.2 Å². The Bertz CT molecular complexity index is 430. The van der Waals surface area contributed by atoms with Crippen LogP contribution in [0.2, 0.25) is 0 Å². The minimum absolute atomic E-state index is 0.00378. The van der Waals surface area contributed by atoms with Crippen LogP contribution in [0.1, 0.15) is 29.8 Å². The first-order valence-electron chi connectivity index (χ1n) is 6.25. The first kappa shape index (κ1) is 15.7. The van der Waals surface area contributed by atoms with Crippen molar-refractivity contribution in [2.24, 2.45) is 5.92 Å². The van der Waals surface area contributed by atoms with Gasteiger partial charge in [0.25, 0.3) is 5.91 Å². The summed E-state index contributed by atoms with van der Waals surface area (Å²) in [5, 5.41) is 6.29. The van der Waals surface area contributed by atoms with Gasteiger partial charge in [0.15, 0.2) is 0 Å². The number of amides is 2. The predicted molar refractivity (Wildman–Crippen MR) is 79.3 cm³/mol. The minimum Gasteiger partial charge on any atom is -0.354 e. The van der Waals surface area contributed by atoms with Crippen molar-refractivity contribution >= 4 is 27.7 Å². The van der Waals surface area contributed by atoms with E-state index in [2.05, 4.69) is 26.6 Å². The van der Waals surface area contributed by atoms with Crippen molar-refractivity contribution in [3.05, 3.63) is 35.4 Å². The Kier molecular flexibility index (Phi) is 6.56. The summed E-state index contributed by atoms with van der Waals surface area (Å²) < 4.78 is 0. The third-order valence-corrected chi connectivity index (χ3v) is 3.25. The molecule has 0 saturated heterocycles. The average Bonchev–Trinajstić information content (AvgIpc) is 2.43. The van der Waals surface area contributed by atoms with Gasteiger partial charge >= 0.3 is 0 Å². The maximum absolute atomic E-state index is 11.8. The van der Waals surface area contributed by atoms with Gasteiger partial charge in [0, 0.05) is 29.9 Å². The highest BCUT2D eigenvalue weighted by Crippen LogP contribution is 2.07. The van der Waals surface area contributed by atoms with Crippen molar-refractivity contribution in [3.63, 3.8) is 0 Å². The molecule has 0 aliphatic heterocycles. The lowest BCUT2D eigenvalue weighted by atomic mass is 10.1. The Labute approximate surface area is 122 Å². The standard InChI is InChI=1S/C14H19BrN2O2/c1-10(2)13(18)16-7-8-17-14(19)12-5-3-11(9-15)4-6-12/h3-6,10H,7-9H2,1-2H3,(H,16,18)(H,17,19).